The van der Waals surface area contributed by atoms with E-state index in [0.717, 1.165) is 28.4 Å². The van der Waals surface area contributed by atoms with Gasteiger partial charge in [-0.3, -0.25) is 4.40 Å². The summed E-state index contributed by atoms with van der Waals surface area (Å²) in [6, 6.07) is 9.45. The molecule has 2 N–H and O–H groups in total. The molecule has 5 nitrogen and oxygen atoms in total. The van der Waals surface area contributed by atoms with Crippen molar-refractivity contribution in [2.45, 2.75) is 0 Å². The first-order chi connectivity index (χ1) is 9.71. The molecular formula is C15H15N3O2. The number of anilines is 1. The second kappa shape index (κ2) is 4.77. The monoisotopic (exact) mass is 269 g/mol. The van der Waals surface area contributed by atoms with Crippen LogP contribution in [0.1, 0.15) is 0 Å². The van der Waals surface area contributed by atoms with Gasteiger partial charge in [0.25, 0.3) is 0 Å². The van der Waals surface area contributed by atoms with Crippen LogP contribution in [-0.4, -0.2) is 23.6 Å². The Balaban J connectivity index is 2.22. The average Bonchev–Trinajstić information content (AvgIpc) is 2.89. The molecule has 0 bridgehead atoms. The first kappa shape index (κ1) is 12.3. The van der Waals surface area contributed by atoms with Crippen LogP contribution in [0.15, 0.2) is 42.7 Å². The summed E-state index contributed by atoms with van der Waals surface area (Å²) in [5, 5.41) is 0. The van der Waals surface area contributed by atoms with Crippen LogP contribution in [-0.2, 0) is 0 Å². The van der Waals surface area contributed by atoms with Crippen molar-refractivity contribution in [3.63, 3.8) is 0 Å². The van der Waals surface area contributed by atoms with Crippen molar-refractivity contribution in [1.82, 2.24) is 9.38 Å². The highest BCUT2D eigenvalue weighted by atomic mass is 16.5. The maximum Gasteiger partial charge on any atom is 0.144 e. The topological polar surface area (TPSA) is 61.8 Å². The lowest BCUT2D eigenvalue weighted by molar-refractivity contribution is 0.394. The first-order valence-electron chi connectivity index (χ1n) is 6.17. The molecule has 0 amide bonds. The number of aromatic nitrogens is 2. The Morgan fingerprint density at radius 2 is 1.75 bits per heavy atom. The maximum absolute atomic E-state index is 5.84. The summed E-state index contributed by atoms with van der Waals surface area (Å²) >= 11 is 0. The third-order valence-electron chi connectivity index (χ3n) is 3.16. The van der Waals surface area contributed by atoms with Crippen molar-refractivity contribution >= 4 is 11.2 Å². The minimum atomic E-state index is 0.687. The molecule has 20 heavy (non-hydrogen) atoms. The van der Waals surface area contributed by atoms with E-state index in [1.807, 2.05) is 40.9 Å². The van der Waals surface area contributed by atoms with Crippen LogP contribution in [0.25, 0.3) is 16.9 Å². The van der Waals surface area contributed by atoms with Crippen molar-refractivity contribution in [2.75, 3.05) is 20.0 Å². The molecule has 0 fully saturated rings. The van der Waals surface area contributed by atoms with Gasteiger partial charge < -0.3 is 15.2 Å². The second-order valence-corrected chi connectivity index (χ2v) is 4.44. The van der Waals surface area contributed by atoms with Crippen LogP contribution >= 0.6 is 0 Å². The number of pyridine rings is 1. The summed E-state index contributed by atoms with van der Waals surface area (Å²) in [7, 11) is 3.25. The van der Waals surface area contributed by atoms with Gasteiger partial charge in [-0.05, 0) is 24.3 Å². The lowest BCUT2D eigenvalue weighted by Crippen LogP contribution is -1.94. The third-order valence-corrected chi connectivity index (χ3v) is 3.16. The lowest BCUT2D eigenvalue weighted by atomic mass is 10.2. The summed E-state index contributed by atoms with van der Waals surface area (Å²) < 4.78 is 12.5. The smallest absolute Gasteiger partial charge is 0.144 e. The highest BCUT2D eigenvalue weighted by Crippen LogP contribution is 2.29. The molecule has 0 atom stereocenters. The molecule has 0 saturated carbocycles. The van der Waals surface area contributed by atoms with Crippen LogP contribution < -0.4 is 15.2 Å². The van der Waals surface area contributed by atoms with Gasteiger partial charge in [0.2, 0.25) is 0 Å². The Morgan fingerprint density at radius 3 is 2.40 bits per heavy atom. The maximum atomic E-state index is 5.84. The van der Waals surface area contributed by atoms with Gasteiger partial charge in [-0.15, -0.1) is 0 Å². The normalized spacial score (nSPS) is 10.7. The number of nitrogens with two attached hydrogens (primary N) is 1. The van der Waals surface area contributed by atoms with E-state index in [-0.39, 0.29) is 0 Å². The van der Waals surface area contributed by atoms with Gasteiger partial charge in [-0.25, -0.2) is 4.98 Å². The molecule has 3 rings (SSSR count). The molecule has 1 aromatic carbocycles. The number of hydrogen-bond donors (Lipinski definition) is 1. The molecule has 5 heteroatoms. The highest BCUT2D eigenvalue weighted by molar-refractivity contribution is 5.67. The van der Waals surface area contributed by atoms with Crippen molar-refractivity contribution in [2.24, 2.45) is 0 Å². The fourth-order valence-electron chi connectivity index (χ4n) is 2.16. The summed E-state index contributed by atoms with van der Waals surface area (Å²) in [6.07, 6.45) is 3.66. The first-order valence-corrected chi connectivity index (χ1v) is 6.17. The van der Waals surface area contributed by atoms with Gasteiger partial charge in [0.15, 0.2) is 0 Å². The van der Waals surface area contributed by atoms with Crippen molar-refractivity contribution in [1.29, 1.82) is 0 Å². The number of nitrogen functional groups attached to an aromatic ring is 1. The van der Waals surface area contributed by atoms with Crippen molar-refractivity contribution in [3.8, 4) is 22.9 Å². The Kier molecular flexibility index (Phi) is 2.95. The van der Waals surface area contributed by atoms with E-state index in [4.69, 9.17) is 15.2 Å². The third kappa shape index (κ3) is 2.03. The Labute approximate surface area is 116 Å². The molecule has 0 unspecified atom stereocenters. The molecule has 2 heterocycles. The van der Waals surface area contributed by atoms with Gasteiger partial charge in [-0.2, -0.15) is 0 Å². The largest absolute Gasteiger partial charge is 0.497 e. The SMILES string of the molecule is COc1cc(OC)cc(-c2ncc3ccc(N)cn23)c1. The molecule has 0 radical (unpaired) electrons. The van der Waals surface area contributed by atoms with Gasteiger partial charge in [-0.1, -0.05) is 0 Å². The number of fused-ring (bicyclic) bond motifs is 1. The predicted molar refractivity (Wildman–Crippen MR) is 78.1 cm³/mol. The Morgan fingerprint density at radius 1 is 1.05 bits per heavy atom. The Bertz CT molecular complexity index is 743. The number of hydrogen-bond acceptors (Lipinski definition) is 4. The van der Waals surface area contributed by atoms with Crippen LogP contribution in [0.2, 0.25) is 0 Å². The predicted octanol–water partition coefficient (Wildman–Crippen LogP) is 2.60. The van der Waals surface area contributed by atoms with E-state index >= 15 is 0 Å². The standard InChI is InChI=1S/C15H15N3O2/c1-19-13-5-10(6-14(7-13)20-2)15-17-8-12-4-3-11(16)9-18(12)15/h3-9H,16H2,1-2H3. The molecule has 0 spiro atoms. The molecule has 3 aromatic rings. The van der Waals surface area contributed by atoms with Crippen molar-refractivity contribution in [3.05, 3.63) is 42.7 Å². The van der Waals surface area contributed by atoms with E-state index in [9.17, 15) is 0 Å². The van der Waals surface area contributed by atoms with E-state index in [2.05, 4.69) is 4.98 Å². The molecule has 102 valence electrons. The van der Waals surface area contributed by atoms with E-state index in [0.29, 0.717) is 5.69 Å². The summed E-state index contributed by atoms with van der Waals surface area (Å²) in [6.45, 7) is 0. The minimum absolute atomic E-state index is 0.687. The Hall–Kier alpha value is -2.69. The summed E-state index contributed by atoms with van der Waals surface area (Å²) in [5.74, 6) is 2.24. The van der Waals surface area contributed by atoms with Crippen LogP contribution in [0, 0.1) is 0 Å². The molecular weight excluding hydrogens is 254 g/mol. The lowest BCUT2D eigenvalue weighted by Gasteiger charge is -2.08. The van der Waals surface area contributed by atoms with Gasteiger partial charge in [0.05, 0.1) is 25.9 Å². The average molecular weight is 269 g/mol. The number of ether oxygens (including phenoxy) is 2. The fourth-order valence-corrected chi connectivity index (χ4v) is 2.16. The van der Waals surface area contributed by atoms with Crippen LogP contribution in [0.5, 0.6) is 11.5 Å². The minimum Gasteiger partial charge on any atom is -0.497 e. The van der Waals surface area contributed by atoms with Gasteiger partial charge >= 0.3 is 0 Å². The zero-order valence-corrected chi connectivity index (χ0v) is 11.3. The molecule has 0 saturated heterocycles. The van der Waals surface area contributed by atoms with Crippen LogP contribution in [0.3, 0.4) is 0 Å². The highest BCUT2D eigenvalue weighted by Gasteiger charge is 2.10. The van der Waals surface area contributed by atoms with Crippen LogP contribution in [0.4, 0.5) is 5.69 Å². The molecule has 0 aliphatic rings. The zero-order chi connectivity index (χ0) is 14.1. The quantitative estimate of drug-likeness (QED) is 0.794. The second-order valence-electron chi connectivity index (χ2n) is 4.44. The van der Waals surface area contributed by atoms with Crippen molar-refractivity contribution < 1.29 is 9.47 Å². The molecule has 0 aliphatic heterocycles. The number of rotatable bonds is 3. The van der Waals surface area contributed by atoms with E-state index < -0.39 is 0 Å². The number of nitrogens with zero attached hydrogens (tertiary/aromatic N) is 2. The number of methoxy groups -OCH3 is 2. The van der Waals surface area contributed by atoms with E-state index in [1.165, 1.54) is 0 Å². The zero-order valence-electron chi connectivity index (χ0n) is 11.3. The number of benzene rings is 1. The summed E-state index contributed by atoms with van der Waals surface area (Å²) in [5.41, 5.74) is 8.42. The molecule has 0 aliphatic carbocycles. The van der Waals surface area contributed by atoms with E-state index in [1.54, 1.807) is 20.4 Å². The summed E-state index contributed by atoms with van der Waals surface area (Å²) in [4.78, 5) is 4.45. The van der Waals surface area contributed by atoms with Gasteiger partial charge in [0.1, 0.15) is 17.3 Å². The number of imidazole rings is 1. The van der Waals surface area contributed by atoms with Gasteiger partial charge in [0, 0.05) is 23.5 Å². The fraction of sp³-hybridized carbons (Fsp3) is 0.133. The molecule has 2 aromatic heterocycles.